The normalized spacial score (nSPS) is 18.2. The number of aromatic nitrogens is 2. The van der Waals surface area contributed by atoms with Crippen LogP contribution in [0.15, 0.2) is 6.20 Å². The average Bonchev–Trinajstić information content (AvgIpc) is 2.34. The first-order chi connectivity index (χ1) is 9.04. The molecule has 106 valence electrons. The molecule has 0 unspecified atom stereocenters. The minimum absolute atomic E-state index is 0.192. The lowest BCUT2D eigenvalue weighted by Gasteiger charge is -2.32. The van der Waals surface area contributed by atoms with Gasteiger partial charge in [0.05, 0.1) is 12.2 Å². The van der Waals surface area contributed by atoms with Crippen LogP contribution in [0.1, 0.15) is 32.3 Å². The quantitative estimate of drug-likeness (QED) is 0.632. The molecule has 0 bridgehead atoms. The van der Waals surface area contributed by atoms with Gasteiger partial charge in [0.25, 0.3) is 0 Å². The molecule has 0 atom stereocenters. The zero-order valence-electron chi connectivity index (χ0n) is 11.3. The Labute approximate surface area is 124 Å². The van der Waals surface area contributed by atoms with E-state index in [1.54, 1.807) is 6.20 Å². The van der Waals surface area contributed by atoms with Gasteiger partial charge in [-0.25, -0.2) is 9.97 Å². The van der Waals surface area contributed by atoms with Crippen molar-refractivity contribution in [2.24, 2.45) is 0 Å². The van der Waals surface area contributed by atoms with E-state index in [1.165, 1.54) is 0 Å². The van der Waals surface area contributed by atoms with Crippen molar-refractivity contribution >= 4 is 23.2 Å². The molecule has 6 heteroatoms. The molecule has 19 heavy (non-hydrogen) atoms. The van der Waals surface area contributed by atoms with Crippen LogP contribution in [0, 0.1) is 0 Å². The van der Waals surface area contributed by atoms with Gasteiger partial charge in [-0.05, 0) is 38.3 Å². The highest BCUT2D eigenvalue weighted by Crippen LogP contribution is 2.20. The summed E-state index contributed by atoms with van der Waals surface area (Å²) in [7, 11) is 0. The largest absolute Gasteiger partial charge is 0.375 e. The third kappa shape index (κ3) is 4.56. The Hall–Kier alpha value is -0.420. The van der Waals surface area contributed by atoms with Crippen molar-refractivity contribution in [2.45, 2.75) is 45.4 Å². The Bertz CT molecular complexity index is 420. The molecule has 0 saturated carbocycles. The van der Waals surface area contributed by atoms with Gasteiger partial charge >= 0.3 is 0 Å². The number of ether oxygens (including phenoxy) is 1. The van der Waals surface area contributed by atoms with Crippen LogP contribution in [0.2, 0.25) is 10.4 Å². The van der Waals surface area contributed by atoms with Gasteiger partial charge in [0.1, 0.15) is 5.15 Å². The highest BCUT2D eigenvalue weighted by molar-refractivity contribution is 6.32. The molecule has 1 aliphatic rings. The minimum atomic E-state index is 0.192. The minimum Gasteiger partial charge on any atom is -0.375 e. The second kappa shape index (κ2) is 6.84. The van der Waals surface area contributed by atoms with Crippen LogP contribution >= 0.6 is 23.2 Å². The summed E-state index contributed by atoms with van der Waals surface area (Å²) < 4.78 is 5.83. The number of halogens is 2. The van der Waals surface area contributed by atoms with Gasteiger partial charge in [0.2, 0.25) is 5.28 Å². The average molecular weight is 304 g/mol. The van der Waals surface area contributed by atoms with Gasteiger partial charge < -0.3 is 4.74 Å². The summed E-state index contributed by atoms with van der Waals surface area (Å²) in [6.07, 6.45) is 4.51. The molecule has 0 spiro atoms. The highest BCUT2D eigenvalue weighted by Gasteiger charge is 2.21. The Kier molecular flexibility index (Phi) is 5.39. The topological polar surface area (TPSA) is 38.2 Å². The summed E-state index contributed by atoms with van der Waals surface area (Å²) in [6.45, 7) is 6.95. The van der Waals surface area contributed by atoms with Gasteiger partial charge in [0, 0.05) is 31.4 Å². The first-order valence-electron chi connectivity index (χ1n) is 6.59. The molecule has 1 saturated heterocycles. The number of hydrogen-bond acceptors (Lipinski definition) is 4. The predicted molar refractivity (Wildman–Crippen MR) is 76.6 cm³/mol. The van der Waals surface area contributed by atoms with E-state index in [1.807, 2.05) is 0 Å². The Morgan fingerprint density at radius 3 is 2.63 bits per heavy atom. The standard InChI is InChI=1S/C13H19Cl2N3O/c1-9(2)19-11-3-5-18(6-4-11)8-10-7-16-13(15)17-12(10)14/h7,9,11H,3-6,8H2,1-2H3. The van der Waals surface area contributed by atoms with Crippen molar-refractivity contribution in [3.8, 4) is 0 Å². The van der Waals surface area contributed by atoms with E-state index < -0.39 is 0 Å². The van der Waals surface area contributed by atoms with Crippen LogP contribution in [0.4, 0.5) is 0 Å². The first-order valence-corrected chi connectivity index (χ1v) is 7.35. The van der Waals surface area contributed by atoms with Crippen molar-refractivity contribution in [1.82, 2.24) is 14.9 Å². The third-order valence-corrected chi connectivity index (χ3v) is 3.68. The molecule has 2 heterocycles. The Balaban J connectivity index is 1.85. The molecule has 1 fully saturated rings. The molecule has 0 aliphatic carbocycles. The first kappa shape index (κ1) is 15.0. The van der Waals surface area contributed by atoms with Gasteiger partial charge in [-0.1, -0.05) is 11.6 Å². The molecule has 1 aliphatic heterocycles. The van der Waals surface area contributed by atoms with E-state index in [9.17, 15) is 0 Å². The zero-order valence-corrected chi connectivity index (χ0v) is 12.8. The van der Waals surface area contributed by atoms with Crippen LogP contribution in [0.25, 0.3) is 0 Å². The summed E-state index contributed by atoms with van der Waals surface area (Å²) in [6, 6.07) is 0. The predicted octanol–water partition coefficient (Wildman–Crippen LogP) is 3.17. The summed E-state index contributed by atoms with van der Waals surface area (Å²) in [4.78, 5) is 10.3. The van der Waals surface area contributed by atoms with Gasteiger partial charge in [-0.2, -0.15) is 0 Å². The fraction of sp³-hybridized carbons (Fsp3) is 0.692. The number of likely N-dealkylation sites (tertiary alicyclic amines) is 1. The van der Waals surface area contributed by atoms with E-state index >= 15 is 0 Å². The molecule has 4 nitrogen and oxygen atoms in total. The van der Waals surface area contributed by atoms with Crippen LogP contribution < -0.4 is 0 Å². The van der Waals surface area contributed by atoms with Crippen molar-refractivity contribution < 1.29 is 4.74 Å². The monoisotopic (exact) mass is 303 g/mol. The lowest BCUT2D eigenvalue weighted by atomic mass is 10.1. The molecule has 0 radical (unpaired) electrons. The molecule has 1 aromatic heterocycles. The van der Waals surface area contributed by atoms with E-state index in [-0.39, 0.29) is 5.28 Å². The third-order valence-electron chi connectivity index (χ3n) is 3.18. The maximum absolute atomic E-state index is 6.06. The lowest BCUT2D eigenvalue weighted by molar-refractivity contribution is -0.0279. The van der Waals surface area contributed by atoms with Crippen molar-refractivity contribution in [3.63, 3.8) is 0 Å². The van der Waals surface area contributed by atoms with Gasteiger partial charge in [0.15, 0.2) is 0 Å². The van der Waals surface area contributed by atoms with Crippen molar-refractivity contribution in [1.29, 1.82) is 0 Å². The number of hydrogen-bond donors (Lipinski definition) is 0. The molecule has 0 amide bonds. The summed E-state index contributed by atoms with van der Waals surface area (Å²) in [5.41, 5.74) is 0.925. The highest BCUT2D eigenvalue weighted by atomic mass is 35.5. The number of rotatable bonds is 4. The second-order valence-corrected chi connectivity index (χ2v) is 5.81. The summed E-state index contributed by atoms with van der Waals surface area (Å²) >= 11 is 11.7. The SMILES string of the molecule is CC(C)OC1CCN(Cc2cnc(Cl)nc2Cl)CC1. The van der Waals surface area contributed by atoms with Crippen LogP contribution in [0.5, 0.6) is 0 Å². The second-order valence-electron chi connectivity index (χ2n) is 5.12. The molecule has 0 aromatic carbocycles. The molecular weight excluding hydrogens is 285 g/mol. The molecule has 1 aromatic rings. The van der Waals surface area contributed by atoms with E-state index in [2.05, 4.69) is 28.7 Å². The van der Waals surface area contributed by atoms with E-state index in [0.29, 0.717) is 17.4 Å². The number of nitrogens with zero attached hydrogens (tertiary/aromatic N) is 3. The van der Waals surface area contributed by atoms with Gasteiger partial charge in [-0.3, -0.25) is 4.90 Å². The van der Waals surface area contributed by atoms with E-state index in [4.69, 9.17) is 27.9 Å². The molecule has 2 rings (SSSR count). The maximum atomic E-state index is 6.06. The molecular formula is C13H19Cl2N3O. The van der Waals surface area contributed by atoms with Gasteiger partial charge in [-0.15, -0.1) is 0 Å². The molecule has 0 N–H and O–H groups in total. The lowest BCUT2D eigenvalue weighted by Crippen LogP contribution is -2.37. The number of piperidine rings is 1. The fourth-order valence-corrected chi connectivity index (χ4v) is 2.67. The van der Waals surface area contributed by atoms with Crippen molar-refractivity contribution in [2.75, 3.05) is 13.1 Å². The van der Waals surface area contributed by atoms with Crippen LogP contribution in [-0.4, -0.2) is 40.2 Å². The summed E-state index contributed by atoms with van der Waals surface area (Å²) in [5, 5.41) is 0.637. The Morgan fingerprint density at radius 1 is 1.37 bits per heavy atom. The van der Waals surface area contributed by atoms with E-state index in [0.717, 1.165) is 38.0 Å². The fourth-order valence-electron chi connectivity index (χ4n) is 2.30. The maximum Gasteiger partial charge on any atom is 0.223 e. The summed E-state index contributed by atoms with van der Waals surface area (Å²) in [5.74, 6) is 0. The smallest absolute Gasteiger partial charge is 0.223 e. The Morgan fingerprint density at radius 2 is 2.05 bits per heavy atom. The van der Waals surface area contributed by atoms with Crippen LogP contribution in [-0.2, 0) is 11.3 Å². The zero-order chi connectivity index (χ0) is 13.8. The van der Waals surface area contributed by atoms with Crippen LogP contribution in [0.3, 0.4) is 0 Å². The van der Waals surface area contributed by atoms with Crippen molar-refractivity contribution in [3.05, 3.63) is 22.2 Å².